The minimum absolute atomic E-state index is 0.405. The lowest BCUT2D eigenvalue weighted by atomic mass is 9.98. The lowest BCUT2D eigenvalue weighted by Crippen LogP contribution is -2.45. The van der Waals surface area contributed by atoms with E-state index in [2.05, 4.69) is 15.9 Å². The van der Waals surface area contributed by atoms with Crippen LogP contribution in [0, 0.1) is 0 Å². The van der Waals surface area contributed by atoms with Crippen LogP contribution < -0.4 is 0 Å². The number of carboxylic acids is 1. The summed E-state index contributed by atoms with van der Waals surface area (Å²) < 4.78 is 5.79. The SMILES string of the molecule is CN(C)C(C)(C(=O)O)c1ccc(Br)o1. The molecule has 5 heteroatoms. The van der Waals surface area contributed by atoms with Crippen molar-refractivity contribution in [2.24, 2.45) is 0 Å². The van der Waals surface area contributed by atoms with Gasteiger partial charge in [-0.1, -0.05) is 0 Å². The van der Waals surface area contributed by atoms with Crippen molar-refractivity contribution in [3.8, 4) is 0 Å². The van der Waals surface area contributed by atoms with Crippen LogP contribution in [-0.2, 0) is 10.3 Å². The van der Waals surface area contributed by atoms with Gasteiger partial charge < -0.3 is 9.52 Å². The Hall–Kier alpha value is -0.810. The van der Waals surface area contributed by atoms with Gasteiger partial charge in [-0.2, -0.15) is 0 Å². The first-order valence-corrected chi connectivity index (χ1v) is 4.85. The monoisotopic (exact) mass is 261 g/mol. The molecule has 0 radical (unpaired) electrons. The van der Waals surface area contributed by atoms with Crippen molar-refractivity contribution >= 4 is 21.9 Å². The van der Waals surface area contributed by atoms with Crippen molar-refractivity contribution in [1.82, 2.24) is 4.90 Å². The van der Waals surface area contributed by atoms with Crippen LogP contribution in [-0.4, -0.2) is 30.1 Å². The summed E-state index contributed by atoms with van der Waals surface area (Å²) >= 11 is 3.14. The Morgan fingerprint density at radius 3 is 2.43 bits per heavy atom. The number of rotatable bonds is 3. The highest BCUT2D eigenvalue weighted by atomic mass is 79.9. The van der Waals surface area contributed by atoms with Gasteiger partial charge in [-0.15, -0.1) is 0 Å². The maximum Gasteiger partial charge on any atom is 0.331 e. The number of likely N-dealkylation sites (N-methyl/N-ethyl adjacent to an activating group) is 1. The van der Waals surface area contributed by atoms with Crippen LogP contribution in [0.5, 0.6) is 0 Å². The molecule has 0 saturated heterocycles. The predicted octanol–water partition coefficient (Wildman–Crippen LogP) is 1.90. The molecule has 1 unspecified atom stereocenters. The van der Waals surface area contributed by atoms with Gasteiger partial charge in [0.05, 0.1) is 0 Å². The molecule has 0 saturated carbocycles. The zero-order valence-corrected chi connectivity index (χ0v) is 9.83. The molecule has 1 N–H and O–H groups in total. The molecular weight excluding hydrogens is 250 g/mol. The van der Waals surface area contributed by atoms with Gasteiger partial charge in [0.25, 0.3) is 0 Å². The van der Waals surface area contributed by atoms with E-state index in [1.807, 2.05) is 0 Å². The van der Waals surface area contributed by atoms with Gasteiger partial charge in [-0.05, 0) is 49.1 Å². The summed E-state index contributed by atoms with van der Waals surface area (Å²) in [5, 5.41) is 9.15. The van der Waals surface area contributed by atoms with E-state index in [0.29, 0.717) is 10.4 Å². The molecule has 1 heterocycles. The molecule has 0 amide bonds. The summed E-state index contributed by atoms with van der Waals surface area (Å²) in [5.74, 6) is -0.536. The fraction of sp³-hybridized carbons (Fsp3) is 0.444. The second kappa shape index (κ2) is 3.74. The standard InChI is InChI=1S/C9H12BrNO3/c1-9(8(12)13,11(2)3)6-4-5-7(10)14-6/h4-5H,1-3H3,(H,12,13). The van der Waals surface area contributed by atoms with Crippen LogP contribution in [0.15, 0.2) is 21.2 Å². The number of halogens is 1. The third-order valence-electron chi connectivity index (χ3n) is 2.36. The third kappa shape index (κ3) is 1.69. The molecule has 14 heavy (non-hydrogen) atoms. The van der Waals surface area contributed by atoms with E-state index in [0.717, 1.165) is 0 Å². The first-order chi connectivity index (χ1) is 6.39. The first-order valence-electron chi connectivity index (χ1n) is 4.05. The average molecular weight is 262 g/mol. The normalized spacial score (nSPS) is 15.5. The minimum Gasteiger partial charge on any atom is -0.480 e. The van der Waals surface area contributed by atoms with E-state index in [1.54, 1.807) is 38.1 Å². The summed E-state index contributed by atoms with van der Waals surface area (Å²) in [6.45, 7) is 1.60. The molecule has 0 spiro atoms. The van der Waals surface area contributed by atoms with Crippen molar-refractivity contribution in [2.45, 2.75) is 12.5 Å². The zero-order chi connectivity index (χ0) is 10.9. The highest BCUT2D eigenvalue weighted by Gasteiger charge is 2.40. The number of furan rings is 1. The molecule has 1 rings (SSSR count). The molecule has 0 aliphatic carbocycles. The summed E-state index contributed by atoms with van der Waals surface area (Å²) in [6.07, 6.45) is 0. The highest BCUT2D eigenvalue weighted by Crippen LogP contribution is 2.29. The lowest BCUT2D eigenvalue weighted by molar-refractivity contribution is -0.150. The Morgan fingerprint density at radius 1 is 1.57 bits per heavy atom. The Balaban J connectivity index is 3.19. The zero-order valence-electron chi connectivity index (χ0n) is 8.24. The van der Waals surface area contributed by atoms with E-state index in [9.17, 15) is 4.79 Å². The topological polar surface area (TPSA) is 53.7 Å². The number of aliphatic carboxylic acids is 1. The Labute approximate surface area is 90.6 Å². The molecule has 0 fully saturated rings. The van der Waals surface area contributed by atoms with Gasteiger partial charge in [-0.25, -0.2) is 4.79 Å². The molecule has 0 aliphatic rings. The van der Waals surface area contributed by atoms with Crippen LogP contribution in [0.1, 0.15) is 12.7 Å². The van der Waals surface area contributed by atoms with Crippen molar-refractivity contribution in [1.29, 1.82) is 0 Å². The maximum atomic E-state index is 11.2. The maximum absolute atomic E-state index is 11.2. The fourth-order valence-electron chi connectivity index (χ4n) is 1.09. The summed E-state index contributed by atoms with van der Waals surface area (Å²) in [4.78, 5) is 12.8. The van der Waals surface area contributed by atoms with Crippen molar-refractivity contribution < 1.29 is 14.3 Å². The minimum atomic E-state index is -1.13. The van der Waals surface area contributed by atoms with E-state index in [4.69, 9.17) is 9.52 Å². The average Bonchev–Trinajstić information content (AvgIpc) is 2.49. The molecule has 78 valence electrons. The molecule has 0 aromatic carbocycles. The van der Waals surface area contributed by atoms with Gasteiger partial charge in [0.2, 0.25) is 0 Å². The van der Waals surface area contributed by atoms with Crippen LogP contribution in [0.2, 0.25) is 0 Å². The molecular formula is C9H12BrNO3. The Bertz CT molecular complexity index is 348. The fourth-order valence-corrected chi connectivity index (χ4v) is 1.40. The number of carboxylic acid groups (broad SMARTS) is 1. The van der Waals surface area contributed by atoms with Gasteiger partial charge in [0, 0.05) is 0 Å². The quantitative estimate of drug-likeness (QED) is 0.903. The van der Waals surface area contributed by atoms with Gasteiger partial charge in [0.1, 0.15) is 5.76 Å². The van der Waals surface area contributed by atoms with Gasteiger partial charge >= 0.3 is 5.97 Å². The van der Waals surface area contributed by atoms with Gasteiger partial charge in [-0.3, -0.25) is 4.90 Å². The Kier molecular flexibility index (Phi) is 3.01. The highest BCUT2D eigenvalue weighted by molar-refractivity contribution is 9.10. The second-order valence-electron chi connectivity index (χ2n) is 3.38. The number of hydrogen-bond donors (Lipinski definition) is 1. The number of hydrogen-bond acceptors (Lipinski definition) is 3. The smallest absolute Gasteiger partial charge is 0.331 e. The third-order valence-corrected chi connectivity index (χ3v) is 2.79. The predicted molar refractivity (Wildman–Crippen MR) is 55.1 cm³/mol. The second-order valence-corrected chi connectivity index (χ2v) is 4.16. The Morgan fingerprint density at radius 2 is 2.14 bits per heavy atom. The van der Waals surface area contributed by atoms with Crippen molar-refractivity contribution in [3.05, 3.63) is 22.6 Å². The van der Waals surface area contributed by atoms with Gasteiger partial charge in [0.15, 0.2) is 10.2 Å². The van der Waals surface area contributed by atoms with E-state index >= 15 is 0 Å². The molecule has 4 nitrogen and oxygen atoms in total. The largest absolute Gasteiger partial charge is 0.480 e. The summed E-state index contributed by atoms with van der Waals surface area (Å²) in [7, 11) is 3.40. The lowest BCUT2D eigenvalue weighted by Gasteiger charge is -2.29. The molecule has 0 bridgehead atoms. The summed E-state index contributed by atoms with van der Waals surface area (Å²) in [6, 6.07) is 3.33. The van der Waals surface area contributed by atoms with E-state index in [1.165, 1.54) is 0 Å². The number of nitrogens with zero attached hydrogens (tertiary/aromatic N) is 1. The van der Waals surface area contributed by atoms with Crippen LogP contribution in [0.25, 0.3) is 0 Å². The summed E-state index contributed by atoms with van der Waals surface area (Å²) in [5.41, 5.74) is -1.13. The van der Waals surface area contributed by atoms with Crippen LogP contribution in [0.4, 0.5) is 0 Å². The van der Waals surface area contributed by atoms with Crippen LogP contribution in [0.3, 0.4) is 0 Å². The van der Waals surface area contributed by atoms with E-state index in [-0.39, 0.29) is 0 Å². The van der Waals surface area contributed by atoms with E-state index < -0.39 is 11.5 Å². The molecule has 1 aromatic rings. The van der Waals surface area contributed by atoms with Crippen molar-refractivity contribution in [3.63, 3.8) is 0 Å². The molecule has 1 atom stereocenters. The van der Waals surface area contributed by atoms with Crippen molar-refractivity contribution in [2.75, 3.05) is 14.1 Å². The molecule has 1 aromatic heterocycles. The first kappa shape index (κ1) is 11.3. The van der Waals surface area contributed by atoms with Crippen LogP contribution >= 0.6 is 15.9 Å². The molecule has 0 aliphatic heterocycles. The number of carbonyl (C=O) groups is 1.